The summed E-state index contributed by atoms with van der Waals surface area (Å²) in [5.41, 5.74) is 1.78. The number of benzene rings is 2. The maximum atomic E-state index is 12.4. The molecule has 0 unspecified atom stereocenters. The van der Waals surface area contributed by atoms with Crippen LogP contribution >= 0.6 is 11.6 Å². The van der Waals surface area contributed by atoms with Gasteiger partial charge in [-0.2, -0.15) is 0 Å². The van der Waals surface area contributed by atoms with Crippen molar-refractivity contribution in [1.82, 2.24) is 4.98 Å². The van der Waals surface area contributed by atoms with Crippen LogP contribution in [0.5, 0.6) is 11.5 Å². The lowest BCUT2D eigenvalue weighted by molar-refractivity contribution is 0.102. The van der Waals surface area contributed by atoms with Crippen LogP contribution in [-0.4, -0.2) is 25.1 Å². The van der Waals surface area contributed by atoms with E-state index in [4.69, 9.17) is 21.1 Å². The molecular formula is C20H18ClN3O3. The number of aromatic nitrogens is 1. The lowest BCUT2D eigenvalue weighted by Gasteiger charge is -2.11. The highest BCUT2D eigenvalue weighted by Crippen LogP contribution is 2.28. The summed E-state index contributed by atoms with van der Waals surface area (Å²) in [6.45, 7) is 0. The van der Waals surface area contributed by atoms with Crippen molar-refractivity contribution >= 4 is 34.7 Å². The number of para-hydroxylation sites is 1. The van der Waals surface area contributed by atoms with Gasteiger partial charge in [-0.25, -0.2) is 4.98 Å². The van der Waals surface area contributed by atoms with E-state index in [1.807, 2.05) is 18.2 Å². The van der Waals surface area contributed by atoms with E-state index in [2.05, 4.69) is 15.6 Å². The standard InChI is InChI=1S/C20H18ClN3O3/c1-26-17-9-7-13(11-18(17)27-2)20(25)23-14-8-10-19(22-12-14)24-16-6-4-3-5-15(16)21/h3-12H,1-2H3,(H,22,24)(H,23,25). The van der Waals surface area contributed by atoms with Gasteiger partial charge < -0.3 is 20.1 Å². The van der Waals surface area contributed by atoms with Gasteiger partial charge in [0.1, 0.15) is 5.82 Å². The Hall–Kier alpha value is -3.25. The average molecular weight is 384 g/mol. The number of methoxy groups -OCH3 is 2. The Morgan fingerprint density at radius 2 is 1.78 bits per heavy atom. The summed E-state index contributed by atoms with van der Waals surface area (Å²) in [6, 6.07) is 15.9. The van der Waals surface area contributed by atoms with E-state index in [0.29, 0.717) is 33.6 Å². The highest BCUT2D eigenvalue weighted by Gasteiger charge is 2.11. The number of amides is 1. The number of rotatable bonds is 6. The van der Waals surface area contributed by atoms with Gasteiger partial charge in [-0.3, -0.25) is 4.79 Å². The van der Waals surface area contributed by atoms with E-state index in [1.165, 1.54) is 7.11 Å². The van der Waals surface area contributed by atoms with Gasteiger partial charge in [0, 0.05) is 5.56 Å². The number of anilines is 3. The van der Waals surface area contributed by atoms with Gasteiger partial charge in [-0.15, -0.1) is 0 Å². The summed E-state index contributed by atoms with van der Waals surface area (Å²) in [5.74, 6) is 1.39. The lowest BCUT2D eigenvalue weighted by Crippen LogP contribution is -2.12. The van der Waals surface area contributed by atoms with Crippen LogP contribution in [0.2, 0.25) is 5.02 Å². The van der Waals surface area contributed by atoms with Gasteiger partial charge in [0.15, 0.2) is 11.5 Å². The third-order valence-corrected chi connectivity index (χ3v) is 4.13. The van der Waals surface area contributed by atoms with E-state index < -0.39 is 0 Å². The van der Waals surface area contributed by atoms with Crippen LogP contribution in [0.4, 0.5) is 17.2 Å². The molecule has 0 bridgehead atoms. The van der Waals surface area contributed by atoms with Crippen molar-refractivity contribution in [1.29, 1.82) is 0 Å². The number of nitrogens with one attached hydrogen (secondary N) is 2. The van der Waals surface area contributed by atoms with Gasteiger partial charge in [0.25, 0.3) is 5.91 Å². The number of hydrogen-bond donors (Lipinski definition) is 2. The Labute approximate surface area is 162 Å². The summed E-state index contributed by atoms with van der Waals surface area (Å²) in [5, 5.41) is 6.53. The maximum absolute atomic E-state index is 12.4. The first-order chi connectivity index (χ1) is 13.1. The summed E-state index contributed by atoms with van der Waals surface area (Å²) >= 11 is 6.12. The van der Waals surface area contributed by atoms with E-state index in [0.717, 1.165) is 5.69 Å². The molecule has 0 radical (unpaired) electrons. The second kappa shape index (κ2) is 8.42. The second-order valence-corrected chi connectivity index (χ2v) is 5.97. The molecule has 0 aliphatic rings. The first kappa shape index (κ1) is 18.5. The fourth-order valence-corrected chi connectivity index (χ4v) is 2.61. The van der Waals surface area contributed by atoms with E-state index in [9.17, 15) is 4.79 Å². The predicted molar refractivity (Wildman–Crippen MR) is 106 cm³/mol. The summed E-state index contributed by atoms with van der Waals surface area (Å²) in [6.07, 6.45) is 1.57. The first-order valence-corrected chi connectivity index (χ1v) is 8.49. The molecule has 1 aromatic heterocycles. The first-order valence-electron chi connectivity index (χ1n) is 8.11. The summed E-state index contributed by atoms with van der Waals surface area (Å²) in [7, 11) is 3.07. The third-order valence-electron chi connectivity index (χ3n) is 3.80. The number of carbonyl (C=O) groups excluding carboxylic acids is 1. The van der Waals surface area contributed by atoms with E-state index in [1.54, 1.807) is 49.7 Å². The molecule has 6 nitrogen and oxygen atoms in total. The SMILES string of the molecule is COc1ccc(C(=O)Nc2ccc(Nc3ccccc3Cl)nc2)cc1OC. The van der Waals surface area contributed by atoms with Gasteiger partial charge in [0.05, 0.1) is 36.8 Å². The molecule has 0 fully saturated rings. The largest absolute Gasteiger partial charge is 0.493 e. The summed E-state index contributed by atoms with van der Waals surface area (Å²) in [4.78, 5) is 16.7. The van der Waals surface area contributed by atoms with Gasteiger partial charge in [0.2, 0.25) is 0 Å². The van der Waals surface area contributed by atoms with Crippen molar-refractivity contribution in [3.8, 4) is 11.5 Å². The fraction of sp³-hybridized carbons (Fsp3) is 0.100. The Balaban J connectivity index is 1.69. The molecular weight excluding hydrogens is 366 g/mol. The van der Waals surface area contributed by atoms with Crippen molar-refractivity contribution in [3.05, 3.63) is 71.4 Å². The average Bonchev–Trinajstić information content (AvgIpc) is 2.70. The molecule has 1 heterocycles. The minimum atomic E-state index is -0.274. The number of carbonyl (C=O) groups is 1. The fourth-order valence-electron chi connectivity index (χ4n) is 2.42. The van der Waals surface area contributed by atoms with Gasteiger partial charge in [-0.05, 0) is 42.5 Å². The molecule has 0 aliphatic carbocycles. The van der Waals surface area contributed by atoms with Crippen molar-refractivity contribution in [2.45, 2.75) is 0 Å². The predicted octanol–water partition coefficient (Wildman–Crippen LogP) is 4.75. The molecule has 1 amide bonds. The molecule has 0 spiro atoms. The number of nitrogens with zero attached hydrogens (tertiary/aromatic N) is 1. The minimum Gasteiger partial charge on any atom is -0.493 e. The van der Waals surface area contributed by atoms with E-state index >= 15 is 0 Å². The van der Waals surface area contributed by atoms with Crippen LogP contribution in [0.3, 0.4) is 0 Å². The van der Waals surface area contributed by atoms with E-state index in [-0.39, 0.29) is 5.91 Å². The quantitative estimate of drug-likeness (QED) is 0.642. The van der Waals surface area contributed by atoms with Crippen molar-refractivity contribution in [2.24, 2.45) is 0 Å². The molecule has 0 saturated heterocycles. The van der Waals surface area contributed by atoms with Crippen LogP contribution in [0.15, 0.2) is 60.8 Å². The zero-order valence-electron chi connectivity index (χ0n) is 14.8. The van der Waals surface area contributed by atoms with Crippen LogP contribution < -0.4 is 20.1 Å². The molecule has 2 aromatic carbocycles. The Kier molecular flexibility index (Phi) is 5.78. The zero-order valence-corrected chi connectivity index (χ0v) is 15.6. The van der Waals surface area contributed by atoms with Crippen LogP contribution in [0.25, 0.3) is 0 Å². The van der Waals surface area contributed by atoms with Gasteiger partial charge >= 0.3 is 0 Å². The topological polar surface area (TPSA) is 72.5 Å². The number of pyridine rings is 1. The number of ether oxygens (including phenoxy) is 2. The molecule has 0 saturated carbocycles. The zero-order chi connectivity index (χ0) is 19.2. The van der Waals surface area contributed by atoms with Crippen molar-refractivity contribution in [2.75, 3.05) is 24.9 Å². The molecule has 0 aliphatic heterocycles. The molecule has 3 aromatic rings. The molecule has 138 valence electrons. The minimum absolute atomic E-state index is 0.274. The highest BCUT2D eigenvalue weighted by atomic mass is 35.5. The smallest absolute Gasteiger partial charge is 0.255 e. The molecule has 27 heavy (non-hydrogen) atoms. The van der Waals surface area contributed by atoms with Crippen LogP contribution in [0, 0.1) is 0 Å². The van der Waals surface area contributed by atoms with Gasteiger partial charge in [-0.1, -0.05) is 23.7 Å². The summed E-state index contributed by atoms with van der Waals surface area (Å²) < 4.78 is 10.4. The van der Waals surface area contributed by atoms with Crippen molar-refractivity contribution < 1.29 is 14.3 Å². The highest BCUT2D eigenvalue weighted by molar-refractivity contribution is 6.33. The number of hydrogen-bond acceptors (Lipinski definition) is 5. The van der Waals surface area contributed by atoms with Crippen LogP contribution in [0.1, 0.15) is 10.4 Å². The molecule has 0 atom stereocenters. The molecule has 3 rings (SSSR count). The lowest BCUT2D eigenvalue weighted by atomic mass is 10.2. The monoisotopic (exact) mass is 383 g/mol. The molecule has 7 heteroatoms. The third kappa shape index (κ3) is 4.48. The van der Waals surface area contributed by atoms with Crippen molar-refractivity contribution in [3.63, 3.8) is 0 Å². The number of halogens is 1. The second-order valence-electron chi connectivity index (χ2n) is 5.56. The Morgan fingerprint density at radius 3 is 2.44 bits per heavy atom. The normalized spacial score (nSPS) is 10.2. The van der Waals surface area contributed by atoms with Crippen LogP contribution in [-0.2, 0) is 0 Å². The Bertz CT molecular complexity index is 945. The Morgan fingerprint density at radius 1 is 1.00 bits per heavy atom. The maximum Gasteiger partial charge on any atom is 0.255 e. The molecule has 2 N–H and O–H groups in total.